The Morgan fingerprint density at radius 1 is 1.58 bits per heavy atom. The van der Waals surface area contributed by atoms with Crippen molar-refractivity contribution in [1.29, 1.82) is 5.26 Å². The van der Waals surface area contributed by atoms with Gasteiger partial charge in [-0.05, 0) is 18.6 Å². The maximum absolute atomic E-state index is 11.2. The number of nitrogens with zero attached hydrogens (tertiary/aromatic N) is 3. The summed E-state index contributed by atoms with van der Waals surface area (Å²) in [6, 6.07) is 7.61. The van der Waals surface area contributed by atoms with E-state index >= 15 is 0 Å². The first kappa shape index (κ1) is 11.5. The lowest BCUT2D eigenvalue weighted by molar-refractivity contribution is -0.119. The molecule has 3 rings (SSSR count). The number of aromatic nitrogens is 2. The van der Waals surface area contributed by atoms with Gasteiger partial charge in [-0.15, -0.1) is 0 Å². The summed E-state index contributed by atoms with van der Waals surface area (Å²) in [6.45, 7) is 0.586. The standard InChI is InChI=1S/C13H13N5O/c14-6-8-2-1-3-10-12(8)17-13(15)18(10)7-9-4-5-11(19)16-9/h1-3,9H,4-5,7H2,(H2,15,17)(H,16,19). The molecule has 1 aromatic carbocycles. The van der Waals surface area contributed by atoms with Crippen LogP contribution in [0.15, 0.2) is 18.2 Å². The highest BCUT2D eigenvalue weighted by atomic mass is 16.1. The number of para-hydroxylation sites is 1. The van der Waals surface area contributed by atoms with E-state index in [1.807, 2.05) is 16.7 Å². The maximum Gasteiger partial charge on any atom is 0.220 e. The van der Waals surface area contributed by atoms with Crippen molar-refractivity contribution in [3.8, 4) is 6.07 Å². The summed E-state index contributed by atoms with van der Waals surface area (Å²) in [4.78, 5) is 15.5. The molecule has 1 aromatic heterocycles. The molecule has 1 unspecified atom stereocenters. The van der Waals surface area contributed by atoms with E-state index < -0.39 is 0 Å². The molecule has 1 saturated heterocycles. The predicted octanol–water partition coefficient (Wildman–Crippen LogP) is 0.769. The van der Waals surface area contributed by atoms with Crippen molar-refractivity contribution in [1.82, 2.24) is 14.9 Å². The van der Waals surface area contributed by atoms with Crippen LogP contribution in [0.1, 0.15) is 18.4 Å². The predicted molar refractivity (Wildman–Crippen MR) is 70.0 cm³/mol. The molecule has 0 saturated carbocycles. The van der Waals surface area contributed by atoms with E-state index in [0.717, 1.165) is 11.9 Å². The van der Waals surface area contributed by atoms with E-state index in [1.54, 1.807) is 6.07 Å². The summed E-state index contributed by atoms with van der Waals surface area (Å²) in [6.07, 6.45) is 1.36. The lowest BCUT2D eigenvalue weighted by Gasteiger charge is -2.12. The summed E-state index contributed by atoms with van der Waals surface area (Å²) in [5.74, 6) is 0.449. The Balaban J connectivity index is 2.02. The van der Waals surface area contributed by atoms with Crippen LogP contribution < -0.4 is 11.1 Å². The summed E-state index contributed by atoms with van der Waals surface area (Å²) < 4.78 is 1.85. The molecule has 6 nitrogen and oxygen atoms in total. The Labute approximate surface area is 109 Å². The van der Waals surface area contributed by atoms with Gasteiger partial charge < -0.3 is 15.6 Å². The molecule has 1 aliphatic heterocycles. The molecule has 2 heterocycles. The van der Waals surface area contributed by atoms with Gasteiger partial charge in [-0.25, -0.2) is 4.98 Å². The van der Waals surface area contributed by atoms with Gasteiger partial charge in [-0.1, -0.05) is 6.07 Å². The van der Waals surface area contributed by atoms with E-state index in [-0.39, 0.29) is 11.9 Å². The number of amides is 1. The van der Waals surface area contributed by atoms with Crippen LogP contribution in [-0.2, 0) is 11.3 Å². The molecule has 1 atom stereocenters. The quantitative estimate of drug-likeness (QED) is 0.828. The normalized spacial score (nSPS) is 18.5. The number of benzene rings is 1. The second-order valence-corrected chi connectivity index (χ2v) is 4.67. The molecule has 1 fully saturated rings. The Morgan fingerprint density at radius 3 is 3.11 bits per heavy atom. The topological polar surface area (TPSA) is 96.7 Å². The zero-order chi connectivity index (χ0) is 13.4. The Morgan fingerprint density at radius 2 is 2.42 bits per heavy atom. The zero-order valence-corrected chi connectivity index (χ0v) is 10.3. The minimum absolute atomic E-state index is 0.0747. The van der Waals surface area contributed by atoms with E-state index in [2.05, 4.69) is 16.4 Å². The molecule has 1 amide bonds. The average Bonchev–Trinajstić information content (AvgIpc) is 2.94. The molecular weight excluding hydrogens is 242 g/mol. The van der Waals surface area contributed by atoms with Crippen LogP contribution >= 0.6 is 0 Å². The van der Waals surface area contributed by atoms with Gasteiger partial charge >= 0.3 is 0 Å². The molecule has 3 N–H and O–H groups in total. The SMILES string of the molecule is N#Cc1cccc2c1nc(N)n2CC1CCC(=O)N1. The van der Waals surface area contributed by atoms with Crippen molar-refractivity contribution in [2.45, 2.75) is 25.4 Å². The van der Waals surface area contributed by atoms with Crippen LogP contribution in [0.5, 0.6) is 0 Å². The first-order valence-corrected chi connectivity index (χ1v) is 6.13. The third-order valence-electron chi connectivity index (χ3n) is 3.42. The monoisotopic (exact) mass is 255 g/mol. The summed E-state index contributed by atoms with van der Waals surface area (Å²) >= 11 is 0. The molecule has 1 aliphatic rings. The average molecular weight is 255 g/mol. The van der Waals surface area contributed by atoms with Crippen LogP contribution in [0.4, 0.5) is 5.95 Å². The smallest absolute Gasteiger partial charge is 0.220 e. The van der Waals surface area contributed by atoms with Crippen LogP contribution in [0, 0.1) is 11.3 Å². The highest BCUT2D eigenvalue weighted by Crippen LogP contribution is 2.22. The number of nitrogens with one attached hydrogen (secondary N) is 1. The number of imidazole rings is 1. The first-order chi connectivity index (χ1) is 9.19. The molecule has 2 aromatic rings. The summed E-state index contributed by atoms with van der Waals surface area (Å²) in [5.41, 5.74) is 7.88. The molecule has 0 spiro atoms. The van der Waals surface area contributed by atoms with Crippen molar-refractivity contribution >= 4 is 22.9 Å². The van der Waals surface area contributed by atoms with Gasteiger partial charge in [0.2, 0.25) is 11.9 Å². The van der Waals surface area contributed by atoms with E-state index in [9.17, 15) is 4.79 Å². The van der Waals surface area contributed by atoms with Gasteiger partial charge in [-0.3, -0.25) is 4.79 Å². The van der Waals surface area contributed by atoms with Crippen LogP contribution in [0.3, 0.4) is 0 Å². The van der Waals surface area contributed by atoms with Gasteiger partial charge in [0.1, 0.15) is 11.6 Å². The number of nitrogens with two attached hydrogens (primary N) is 1. The zero-order valence-electron chi connectivity index (χ0n) is 10.3. The van der Waals surface area contributed by atoms with Crippen molar-refractivity contribution < 1.29 is 4.79 Å². The van der Waals surface area contributed by atoms with E-state index in [4.69, 9.17) is 11.0 Å². The fraction of sp³-hybridized carbons (Fsp3) is 0.308. The van der Waals surface area contributed by atoms with Crippen LogP contribution in [0.25, 0.3) is 11.0 Å². The highest BCUT2D eigenvalue weighted by molar-refractivity contribution is 5.84. The maximum atomic E-state index is 11.2. The minimum atomic E-state index is 0.0747. The van der Waals surface area contributed by atoms with E-state index in [1.165, 1.54) is 0 Å². The number of nitriles is 1. The first-order valence-electron chi connectivity index (χ1n) is 6.13. The number of hydrogen-bond donors (Lipinski definition) is 2. The van der Waals surface area contributed by atoms with Crippen molar-refractivity contribution in [3.63, 3.8) is 0 Å². The van der Waals surface area contributed by atoms with Gasteiger partial charge in [0, 0.05) is 19.0 Å². The molecule has 0 aliphatic carbocycles. The molecule has 96 valence electrons. The molecule has 0 radical (unpaired) electrons. The second kappa shape index (κ2) is 4.28. The second-order valence-electron chi connectivity index (χ2n) is 4.67. The third kappa shape index (κ3) is 1.89. The third-order valence-corrected chi connectivity index (χ3v) is 3.42. The fourth-order valence-electron chi connectivity index (χ4n) is 2.48. The van der Waals surface area contributed by atoms with Gasteiger partial charge in [0.15, 0.2) is 0 Å². The number of fused-ring (bicyclic) bond motifs is 1. The fourth-order valence-corrected chi connectivity index (χ4v) is 2.48. The van der Waals surface area contributed by atoms with Crippen molar-refractivity contribution in [2.75, 3.05) is 5.73 Å². The Kier molecular flexibility index (Phi) is 2.60. The van der Waals surface area contributed by atoms with Crippen LogP contribution in [0.2, 0.25) is 0 Å². The summed E-state index contributed by atoms with van der Waals surface area (Å²) in [5, 5.41) is 12.0. The van der Waals surface area contributed by atoms with Crippen molar-refractivity contribution in [2.24, 2.45) is 0 Å². The number of nitrogen functional groups attached to an aromatic ring is 1. The number of anilines is 1. The van der Waals surface area contributed by atoms with Crippen LogP contribution in [-0.4, -0.2) is 21.5 Å². The van der Waals surface area contributed by atoms with Gasteiger partial charge in [-0.2, -0.15) is 5.26 Å². The van der Waals surface area contributed by atoms with E-state index in [0.29, 0.717) is 30.0 Å². The minimum Gasteiger partial charge on any atom is -0.369 e. The number of hydrogen-bond acceptors (Lipinski definition) is 4. The van der Waals surface area contributed by atoms with Gasteiger partial charge in [0.05, 0.1) is 11.1 Å². The number of carbonyl (C=O) groups excluding carboxylic acids is 1. The lowest BCUT2D eigenvalue weighted by Crippen LogP contribution is -2.29. The highest BCUT2D eigenvalue weighted by Gasteiger charge is 2.23. The summed E-state index contributed by atoms with van der Waals surface area (Å²) in [7, 11) is 0. The Hall–Kier alpha value is -2.55. The molecule has 0 bridgehead atoms. The molecule has 19 heavy (non-hydrogen) atoms. The van der Waals surface area contributed by atoms with Crippen molar-refractivity contribution in [3.05, 3.63) is 23.8 Å². The lowest BCUT2D eigenvalue weighted by atomic mass is 10.2. The molecule has 6 heteroatoms. The Bertz CT molecular complexity index is 697. The largest absolute Gasteiger partial charge is 0.369 e. The number of carbonyl (C=O) groups is 1. The number of rotatable bonds is 2. The molecular formula is C13H13N5O. The van der Waals surface area contributed by atoms with Gasteiger partial charge in [0.25, 0.3) is 0 Å².